The summed E-state index contributed by atoms with van der Waals surface area (Å²) in [4.78, 5) is 5.16. The van der Waals surface area contributed by atoms with Crippen LogP contribution in [0.5, 0.6) is 5.75 Å². The molecule has 6 heteroatoms. The molecule has 0 unspecified atom stereocenters. The molecule has 3 atom stereocenters. The molecule has 2 fully saturated rings. The smallest absolute Gasteiger partial charge is 0.118 e. The van der Waals surface area contributed by atoms with Gasteiger partial charge in [0.25, 0.3) is 0 Å². The van der Waals surface area contributed by atoms with Gasteiger partial charge >= 0.3 is 0 Å². The maximum Gasteiger partial charge on any atom is 0.118 e. The second-order valence-corrected chi connectivity index (χ2v) is 8.66. The van der Waals surface area contributed by atoms with Gasteiger partial charge in [-0.25, -0.2) is 0 Å². The summed E-state index contributed by atoms with van der Waals surface area (Å²) in [6, 6.07) is 11.5. The highest BCUT2D eigenvalue weighted by Gasteiger charge is 2.46. The predicted octanol–water partition coefficient (Wildman–Crippen LogP) is 2.12. The highest BCUT2D eigenvalue weighted by atomic mass is 16.5. The number of hydrogen-bond acceptors (Lipinski definition) is 5. The van der Waals surface area contributed by atoms with Gasteiger partial charge in [-0.15, -0.1) is 0 Å². The minimum Gasteiger partial charge on any atom is -0.497 e. The van der Waals surface area contributed by atoms with Gasteiger partial charge in [-0.3, -0.25) is 14.5 Å². The molecular formula is C22H31N5O. The largest absolute Gasteiger partial charge is 0.497 e. The Morgan fingerprint density at radius 1 is 1.18 bits per heavy atom. The highest BCUT2D eigenvalue weighted by molar-refractivity contribution is 5.30. The van der Waals surface area contributed by atoms with Gasteiger partial charge in [-0.05, 0) is 55.6 Å². The molecule has 1 aromatic carbocycles. The molecule has 28 heavy (non-hydrogen) atoms. The van der Waals surface area contributed by atoms with Gasteiger partial charge < -0.3 is 10.1 Å². The van der Waals surface area contributed by atoms with Crippen molar-refractivity contribution in [1.82, 2.24) is 24.9 Å². The quantitative estimate of drug-likeness (QED) is 0.879. The molecule has 6 nitrogen and oxygen atoms in total. The molecular weight excluding hydrogens is 350 g/mol. The van der Waals surface area contributed by atoms with E-state index in [1.165, 1.54) is 30.0 Å². The number of nitrogens with zero attached hydrogens (tertiary/aromatic N) is 4. The number of aryl methyl sites for hydroxylation is 1. The lowest BCUT2D eigenvalue weighted by Gasteiger charge is -2.26. The standard InChI is InChI=1S/C22H31N5O/c1-25-12-17-13-26(14-18-10-19-11-23-8-3-9-27(19)24-18)15-21(17)22(25)16-4-6-20(28-2)7-5-16/h4-7,10,17,21-23H,3,8-9,11-15H2,1-2H3/t17-,21+,22+/m0/s1. The molecule has 1 aromatic heterocycles. The number of rotatable bonds is 4. The van der Waals surface area contributed by atoms with E-state index >= 15 is 0 Å². The lowest BCUT2D eigenvalue weighted by atomic mass is 9.89. The molecule has 0 saturated carbocycles. The SMILES string of the molecule is COc1ccc([C@@H]2[C@@H]3CN(Cc4cc5n(n4)CCCNC5)C[C@@H]3CN2C)cc1. The van der Waals surface area contributed by atoms with Crippen LogP contribution in [0.25, 0.3) is 0 Å². The Morgan fingerprint density at radius 2 is 2.04 bits per heavy atom. The van der Waals surface area contributed by atoms with E-state index in [4.69, 9.17) is 9.84 Å². The third kappa shape index (κ3) is 3.34. The van der Waals surface area contributed by atoms with Gasteiger partial charge in [-0.1, -0.05) is 12.1 Å². The Kier molecular flexibility index (Phi) is 4.87. The van der Waals surface area contributed by atoms with Crippen LogP contribution in [0.3, 0.4) is 0 Å². The first-order chi connectivity index (χ1) is 13.7. The molecule has 0 radical (unpaired) electrons. The van der Waals surface area contributed by atoms with E-state index in [9.17, 15) is 0 Å². The topological polar surface area (TPSA) is 45.6 Å². The number of nitrogens with one attached hydrogen (secondary N) is 1. The van der Waals surface area contributed by atoms with Crippen LogP contribution in [0.2, 0.25) is 0 Å². The van der Waals surface area contributed by atoms with E-state index in [0.29, 0.717) is 12.0 Å². The van der Waals surface area contributed by atoms with Crippen molar-refractivity contribution in [1.29, 1.82) is 0 Å². The summed E-state index contributed by atoms with van der Waals surface area (Å²) < 4.78 is 7.54. The summed E-state index contributed by atoms with van der Waals surface area (Å²) in [6.45, 7) is 7.58. The molecule has 0 aliphatic carbocycles. The fourth-order valence-electron chi connectivity index (χ4n) is 5.51. The maximum absolute atomic E-state index is 5.34. The Bertz CT molecular complexity index is 793. The number of aromatic nitrogens is 2. The zero-order valence-corrected chi connectivity index (χ0v) is 17.0. The lowest BCUT2D eigenvalue weighted by molar-refractivity contribution is 0.223. The molecule has 0 spiro atoms. The third-order valence-corrected chi connectivity index (χ3v) is 6.76. The zero-order chi connectivity index (χ0) is 19.1. The average Bonchev–Trinajstić information content (AvgIpc) is 3.29. The van der Waals surface area contributed by atoms with Gasteiger partial charge in [0.15, 0.2) is 0 Å². The molecule has 3 aliphatic rings. The van der Waals surface area contributed by atoms with Crippen molar-refractivity contribution in [2.24, 2.45) is 11.8 Å². The maximum atomic E-state index is 5.34. The molecule has 3 aliphatic heterocycles. The second-order valence-electron chi connectivity index (χ2n) is 8.66. The number of benzene rings is 1. The van der Waals surface area contributed by atoms with E-state index in [-0.39, 0.29) is 0 Å². The lowest BCUT2D eigenvalue weighted by Crippen LogP contribution is -2.29. The molecule has 150 valence electrons. The Morgan fingerprint density at radius 3 is 2.86 bits per heavy atom. The minimum atomic E-state index is 0.504. The summed E-state index contributed by atoms with van der Waals surface area (Å²) in [7, 11) is 4.00. The van der Waals surface area contributed by atoms with E-state index in [2.05, 4.69) is 57.2 Å². The van der Waals surface area contributed by atoms with Crippen molar-refractivity contribution in [3.8, 4) is 5.75 Å². The molecule has 2 saturated heterocycles. The normalized spacial score (nSPS) is 28.1. The monoisotopic (exact) mass is 381 g/mol. The van der Waals surface area contributed by atoms with E-state index in [1.54, 1.807) is 7.11 Å². The van der Waals surface area contributed by atoms with Gasteiger partial charge in [0.1, 0.15) is 5.75 Å². The number of likely N-dealkylation sites (tertiary alicyclic amines) is 2. The van der Waals surface area contributed by atoms with Crippen molar-refractivity contribution < 1.29 is 4.74 Å². The van der Waals surface area contributed by atoms with E-state index in [1.807, 2.05) is 0 Å². The Labute approximate surface area is 167 Å². The van der Waals surface area contributed by atoms with Crippen molar-refractivity contribution in [3.05, 3.63) is 47.3 Å². The first-order valence-corrected chi connectivity index (χ1v) is 10.5. The summed E-state index contributed by atoms with van der Waals surface area (Å²) in [5.74, 6) is 2.38. The average molecular weight is 382 g/mol. The summed E-state index contributed by atoms with van der Waals surface area (Å²) in [5.41, 5.74) is 3.98. The van der Waals surface area contributed by atoms with E-state index < -0.39 is 0 Å². The Hall–Kier alpha value is -1.89. The number of ether oxygens (including phenoxy) is 1. The first kappa shape index (κ1) is 18.2. The first-order valence-electron chi connectivity index (χ1n) is 10.5. The van der Waals surface area contributed by atoms with Crippen LogP contribution < -0.4 is 10.1 Å². The summed E-state index contributed by atoms with van der Waals surface area (Å²) in [5, 5.41) is 8.38. The van der Waals surface area contributed by atoms with Crippen molar-refractivity contribution >= 4 is 0 Å². The van der Waals surface area contributed by atoms with Crippen LogP contribution >= 0.6 is 0 Å². The predicted molar refractivity (Wildman–Crippen MR) is 109 cm³/mol. The zero-order valence-electron chi connectivity index (χ0n) is 17.0. The molecule has 0 bridgehead atoms. The van der Waals surface area contributed by atoms with Crippen LogP contribution in [-0.2, 0) is 19.6 Å². The van der Waals surface area contributed by atoms with Crippen LogP contribution in [0.1, 0.15) is 29.4 Å². The van der Waals surface area contributed by atoms with Crippen molar-refractivity contribution in [3.63, 3.8) is 0 Å². The third-order valence-electron chi connectivity index (χ3n) is 6.76. The van der Waals surface area contributed by atoms with Gasteiger partial charge in [0, 0.05) is 45.3 Å². The summed E-state index contributed by atoms with van der Waals surface area (Å²) in [6.07, 6.45) is 1.16. The fraction of sp³-hybridized carbons (Fsp3) is 0.591. The van der Waals surface area contributed by atoms with Crippen LogP contribution in [0.15, 0.2) is 30.3 Å². The summed E-state index contributed by atoms with van der Waals surface area (Å²) >= 11 is 0. The second kappa shape index (κ2) is 7.50. The molecule has 5 rings (SSSR count). The Balaban J connectivity index is 1.28. The fourth-order valence-corrected chi connectivity index (χ4v) is 5.51. The van der Waals surface area contributed by atoms with Gasteiger partial charge in [0.05, 0.1) is 18.5 Å². The number of fused-ring (bicyclic) bond motifs is 2. The highest BCUT2D eigenvalue weighted by Crippen LogP contribution is 2.44. The van der Waals surface area contributed by atoms with E-state index in [0.717, 1.165) is 50.8 Å². The molecule has 4 heterocycles. The molecule has 1 N–H and O–H groups in total. The van der Waals surface area contributed by atoms with Crippen molar-refractivity contribution in [2.45, 2.75) is 32.1 Å². The van der Waals surface area contributed by atoms with Gasteiger partial charge in [-0.2, -0.15) is 5.10 Å². The molecule has 0 amide bonds. The number of hydrogen-bond donors (Lipinski definition) is 1. The minimum absolute atomic E-state index is 0.504. The number of methoxy groups -OCH3 is 1. The van der Waals surface area contributed by atoms with Crippen LogP contribution in [0, 0.1) is 11.8 Å². The van der Waals surface area contributed by atoms with Crippen LogP contribution in [-0.4, -0.2) is 59.9 Å². The molecule has 2 aromatic rings. The van der Waals surface area contributed by atoms with Gasteiger partial charge in [0.2, 0.25) is 0 Å². The van der Waals surface area contributed by atoms with Crippen LogP contribution in [0.4, 0.5) is 0 Å². The van der Waals surface area contributed by atoms with Crippen molar-refractivity contribution in [2.75, 3.05) is 40.3 Å².